The van der Waals surface area contributed by atoms with Gasteiger partial charge in [0.2, 0.25) is 17.6 Å². The lowest BCUT2D eigenvalue weighted by Crippen LogP contribution is -2.59. The van der Waals surface area contributed by atoms with Crippen molar-refractivity contribution < 1.29 is 24.0 Å². The Kier molecular flexibility index (Phi) is 10.5. The van der Waals surface area contributed by atoms with Crippen LogP contribution in [-0.4, -0.2) is 52.5 Å². The average molecular weight is 574 g/mol. The van der Waals surface area contributed by atoms with Crippen molar-refractivity contribution in [1.29, 1.82) is 0 Å². The van der Waals surface area contributed by atoms with Crippen LogP contribution in [0.5, 0.6) is 0 Å². The zero-order valence-electron chi connectivity index (χ0n) is 24.9. The summed E-state index contributed by atoms with van der Waals surface area (Å²) in [4.78, 5) is 69.3. The van der Waals surface area contributed by atoms with Crippen LogP contribution in [0.1, 0.15) is 57.5 Å². The molecule has 0 radical (unpaired) electrons. The molecule has 222 valence electrons. The minimum atomic E-state index is -1.09. The standard InChI is InChI=1S/C32H39N5O5/c1-19(2)25(26(38)30(41)34-16-21-12-8-7-9-13-21)36-28(39)20(3)35-31(42)27(32(4,5)6)37-29(40)24-18-33-17-22-14-10-11-15-23(22)24/h7-15,17-20,25,27H,16H2,1-6H3,(H,34,41)(H,35,42)(H,36,39)(H,37,40). The third kappa shape index (κ3) is 8.22. The predicted molar refractivity (Wildman–Crippen MR) is 160 cm³/mol. The molecule has 3 aromatic rings. The SMILES string of the molecule is CC(NC(=O)C(NC(=O)c1cncc2ccccc12)C(C)(C)C)C(=O)NC(C(=O)C(=O)NCc1ccccc1)C(C)C. The molecule has 0 aliphatic carbocycles. The number of carbonyl (C=O) groups excluding carboxylic acids is 5. The van der Waals surface area contributed by atoms with Gasteiger partial charge in [-0.05, 0) is 29.2 Å². The van der Waals surface area contributed by atoms with Crippen LogP contribution in [-0.2, 0) is 25.7 Å². The molecule has 42 heavy (non-hydrogen) atoms. The third-order valence-electron chi connectivity index (χ3n) is 6.84. The van der Waals surface area contributed by atoms with E-state index in [1.807, 2.05) is 48.5 Å². The number of fused-ring (bicyclic) bond motifs is 1. The third-order valence-corrected chi connectivity index (χ3v) is 6.84. The van der Waals surface area contributed by atoms with E-state index in [2.05, 4.69) is 26.3 Å². The van der Waals surface area contributed by atoms with Crippen molar-refractivity contribution in [3.63, 3.8) is 0 Å². The molecule has 0 spiro atoms. The summed E-state index contributed by atoms with van der Waals surface area (Å²) in [5.74, 6) is -3.66. The van der Waals surface area contributed by atoms with Crippen LogP contribution in [0.3, 0.4) is 0 Å². The van der Waals surface area contributed by atoms with Crippen molar-refractivity contribution in [2.24, 2.45) is 11.3 Å². The summed E-state index contributed by atoms with van der Waals surface area (Å²) < 4.78 is 0. The normalized spacial score (nSPS) is 13.5. The van der Waals surface area contributed by atoms with E-state index in [1.165, 1.54) is 13.1 Å². The van der Waals surface area contributed by atoms with Crippen LogP contribution in [0.25, 0.3) is 10.8 Å². The molecule has 0 aliphatic rings. The van der Waals surface area contributed by atoms with Gasteiger partial charge in [0.25, 0.3) is 11.8 Å². The number of hydrogen-bond acceptors (Lipinski definition) is 6. The quantitative estimate of drug-likeness (QED) is 0.260. The highest BCUT2D eigenvalue weighted by Gasteiger charge is 2.36. The molecule has 10 nitrogen and oxygen atoms in total. The molecule has 3 rings (SSSR count). The van der Waals surface area contributed by atoms with Crippen LogP contribution < -0.4 is 21.3 Å². The molecule has 4 N–H and O–H groups in total. The van der Waals surface area contributed by atoms with Gasteiger partial charge >= 0.3 is 0 Å². The molecule has 0 saturated heterocycles. The summed E-state index contributed by atoms with van der Waals surface area (Å²) >= 11 is 0. The van der Waals surface area contributed by atoms with E-state index in [0.29, 0.717) is 10.9 Å². The zero-order valence-corrected chi connectivity index (χ0v) is 24.9. The van der Waals surface area contributed by atoms with Crippen LogP contribution in [0.2, 0.25) is 0 Å². The minimum absolute atomic E-state index is 0.172. The van der Waals surface area contributed by atoms with Crippen molar-refractivity contribution >= 4 is 40.2 Å². The van der Waals surface area contributed by atoms with Gasteiger partial charge in [0.05, 0.1) is 11.6 Å². The van der Waals surface area contributed by atoms with E-state index < -0.39 is 53.0 Å². The van der Waals surface area contributed by atoms with E-state index in [9.17, 15) is 24.0 Å². The number of amides is 4. The number of ketones is 1. The maximum Gasteiger partial charge on any atom is 0.289 e. The van der Waals surface area contributed by atoms with E-state index >= 15 is 0 Å². The Morgan fingerprint density at radius 1 is 0.786 bits per heavy atom. The first-order valence-electron chi connectivity index (χ1n) is 13.9. The summed E-state index contributed by atoms with van der Waals surface area (Å²) in [6.45, 7) is 10.5. The first-order chi connectivity index (χ1) is 19.8. The first kappa shape index (κ1) is 31.9. The summed E-state index contributed by atoms with van der Waals surface area (Å²) in [6.07, 6.45) is 3.10. The van der Waals surface area contributed by atoms with Gasteiger partial charge in [0, 0.05) is 24.3 Å². The number of nitrogens with zero attached hydrogens (tertiary/aromatic N) is 1. The van der Waals surface area contributed by atoms with Crippen molar-refractivity contribution in [2.75, 3.05) is 0 Å². The predicted octanol–water partition coefficient (Wildman–Crippen LogP) is 2.91. The zero-order chi connectivity index (χ0) is 31.0. The second-order valence-electron chi connectivity index (χ2n) is 11.7. The number of pyridine rings is 1. The van der Waals surface area contributed by atoms with E-state index in [1.54, 1.807) is 46.9 Å². The number of benzene rings is 2. The number of aromatic nitrogens is 1. The Labute approximate surface area is 246 Å². The number of hydrogen-bond donors (Lipinski definition) is 4. The molecule has 10 heteroatoms. The van der Waals surface area contributed by atoms with Gasteiger partial charge in [0.1, 0.15) is 12.1 Å². The highest BCUT2D eigenvalue weighted by atomic mass is 16.2. The summed E-state index contributed by atoms with van der Waals surface area (Å²) in [5.41, 5.74) is 0.448. The van der Waals surface area contributed by atoms with E-state index in [-0.39, 0.29) is 12.5 Å². The fraction of sp³-hybridized carbons (Fsp3) is 0.375. The Balaban J connectivity index is 1.66. The lowest BCUT2D eigenvalue weighted by atomic mass is 9.85. The maximum absolute atomic E-state index is 13.4. The Bertz CT molecular complexity index is 1440. The lowest BCUT2D eigenvalue weighted by Gasteiger charge is -2.31. The van der Waals surface area contributed by atoms with Gasteiger partial charge in [-0.1, -0.05) is 89.2 Å². The molecule has 1 heterocycles. The summed E-state index contributed by atoms with van der Waals surface area (Å²) in [7, 11) is 0. The molecule has 2 aromatic carbocycles. The van der Waals surface area contributed by atoms with Gasteiger partial charge in [-0.2, -0.15) is 0 Å². The molecular formula is C32H39N5O5. The first-order valence-corrected chi connectivity index (χ1v) is 13.9. The summed E-state index contributed by atoms with van der Waals surface area (Å²) in [6, 6.07) is 13.3. The van der Waals surface area contributed by atoms with E-state index in [4.69, 9.17) is 0 Å². The van der Waals surface area contributed by atoms with E-state index in [0.717, 1.165) is 10.9 Å². The lowest BCUT2D eigenvalue weighted by molar-refractivity contribution is -0.141. The fourth-order valence-electron chi connectivity index (χ4n) is 4.36. The molecule has 3 unspecified atom stereocenters. The van der Waals surface area contributed by atoms with Crippen LogP contribution >= 0.6 is 0 Å². The number of nitrogens with one attached hydrogen (secondary N) is 4. The molecule has 1 aromatic heterocycles. The Morgan fingerprint density at radius 2 is 1.43 bits per heavy atom. The van der Waals surface area contributed by atoms with Crippen LogP contribution in [0.15, 0.2) is 67.0 Å². The highest BCUT2D eigenvalue weighted by molar-refractivity contribution is 6.38. The van der Waals surface area contributed by atoms with Gasteiger partial charge < -0.3 is 21.3 Å². The van der Waals surface area contributed by atoms with Gasteiger partial charge in [-0.15, -0.1) is 0 Å². The van der Waals surface area contributed by atoms with Crippen molar-refractivity contribution in [1.82, 2.24) is 26.3 Å². The maximum atomic E-state index is 13.4. The van der Waals surface area contributed by atoms with Crippen molar-refractivity contribution in [3.8, 4) is 0 Å². The molecule has 0 fully saturated rings. The molecule has 0 bridgehead atoms. The van der Waals surface area contributed by atoms with Gasteiger partial charge in [0.15, 0.2) is 0 Å². The monoisotopic (exact) mass is 573 g/mol. The highest BCUT2D eigenvalue weighted by Crippen LogP contribution is 2.22. The molecule has 0 aliphatic heterocycles. The van der Waals surface area contributed by atoms with Gasteiger partial charge in [-0.25, -0.2) is 0 Å². The van der Waals surface area contributed by atoms with Crippen molar-refractivity contribution in [2.45, 2.75) is 66.2 Å². The van der Waals surface area contributed by atoms with Crippen molar-refractivity contribution in [3.05, 3.63) is 78.1 Å². The molecular weight excluding hydrogens is 534 g/mol. The minimum Gasteiger partial charge on any atom is -0.345 e. The fourth-order valence-corrected chi connectivity index (χ4v) is 4.36. The Hall–Kier alpha value is -4.60. The van der Waals surface area contributed by atoms with Crippen LogP contribution in [0, 0.1) is 11.3 Å². The smallest absolute Gasteiger partial charge is 0.289 e. The molecule has 3 atom stereocenters. The second-order valence-corrected chi connectivity index (χ2v) is 11.7. The number of rotatable bonds is 11. The summed E-state index contributed by atoms with van der Waals surface area (Å²) in [5, 5.41) is 12.1. The topological polar surface area (TPSA) is 146 Å². The molecule has 0 saturated carbocycles. The van der Waals surface area contributed by atoms with Gasteiger partial charge in [-0.3, -0.25) is 29.0 Å². The largest absolute Gasteiger partial charge is 0.345 e. The number of Topliss-reactive ketones (excluding diaryl/α,β-unsaturated/α-hetero) is 1. The second kappa shape index (κ2) is 13.8. The molecule has 4 amide bonds. The van der Waals surface area contributed by atoms with Crippen LogP contribution in [0.4, 0.5) is 0 Å². The average Bonchev–Trinajstić information content (AvgIpc) is 2.96. The number of carbonyl (C=O) groups is 5. The Morgan fingerprint density at radius 3 is 2.07 bits per heavy atom.